The summed E-state index contributed by atoms with van der Waals surface area (Å²) in [7, 11) is 1.65. The lowest BCUT2D eigenvalue weighted by Gasteiger charge is -2.09. The van der Waals surface area contributed by atoms with Crippen LogP contribution >= 0.6 is 11.6 Å². The maximum absolute atomic E-state index is 6.29. The van der Waals surface area contributed by atoms with E-state index in [2.05, 4.69) is 9.55 Å². The zero-order valence-corrected chi connectivity index (χ0v) is 13.0. The summed E-state index contributed by atoms with van der Waals surface area (Å²) >= 11 is 6.29. The van der Waals surface area contributed by atoms with Crippen molar-refractivity contribution in [2.45, 2.75) is 25.8 Å². The maximum Gasteiger partial charge on any atom is 0.146 e. The van der Waals surface area contributed by atoms with Crippen LogP contribution in [0.4, 0.5) is 0 Å². The van der Waals surface area contributed by atoms with Gasteiger partial charge in [-0.1, -0.05) is 6.07 Å². The second kappa shape index (κ2) is 5.45. The molecular formula is C16H17ClN2O2. The van der Waals surface area contributed by atoms with Crippen LogP contribution in [0, 0.1) is 6.92 Å². The Labute approximate surface area is 128 Å². The number of aromatic nitrogens is 2. The van der Waals surface area contributed by atoms with Crippen molar-refractivity contribution in [1.82, 2.24) is 9.55 Å². The lowest BCUT2D eigenvalue weighted by Crippen LogP contribution is -2.05. The first-order chi connectivity index (χ1) is 10.1. The molecule has 0 spiro atoms. The molecule has 0 aliphatic rings. The molecule has 21 heavy (non-hydrogen) atoms. The number of imidazole rings is 1. The molecule has 0 amide bonds. The predicted molar refractivity (Wildman–Crippen MR) is 83.1 cm³/mol. The van der Waals surface area contributed by atoms with Gasteiger partial charge in [-0.25, -0.2) is 4.98 Å². The molecule has 110 valence electrons. The number of ether oxygens (including phenoxy) is 1. The first-order valence-electron chi connectivity index (χ1n) is 6.82. The van der Waals surface area contributed by atoms with Gasteiger partial charge in [0.05, 0.1) is 24.5 Å². The maximum atomic E-state index is 6.29. The fourth-order valence-electron chi connectivity index (χ4n) is 2.50. The van der Waals surface area contributed by atoms with E-state index in [1.807, 2.05) is 44.2 Å². The van der Waals surface area contributed by atoms with Crippen LogP contribution in [0.5, 0.6) is 5.75 Å². The topological polar surface area (TPSA) is 40.2 Å². The number of rotatable bonds is 4. The first-order valence-corrected chi connectivity index (χ1v) is 7.26. The molecule has 0 fully saturated rings. The molecular weight excluding hydrogens is 288 g/mol. The highest BCUT2D eigenvalue weighted by Crippen LogP contribution is 2.30. The van der Waals surface area contributed by atoms with Crippen LogP contribution in [0.15, 0.2) is 34.7 Å². The Hall–Kier alpha value is -1.94. The molecule has 0 aliphatic carbocycles. The molecule has 4 nitrogen and oxygen atoms in total. The summed E-state index contributed by atoms with van der Waals surface area (Å²) in [6.45, 7) is 4.45. The zero-order valence-electron chi connectivity index (χ0n) is 12.3. The van der Waals surface area contributed by atoms with Crippen molar-refractivity contribution in [2.24, 2.45) is 0 Å². The van der Waals surface area contributed by atoms with Gasteiger partial charge in [0.2, 0.25) is 0 Å². The quantitative estimate of drug-likeness (QED) is 0.675. The van der Waals surface area contributed by atoms with Gasteiger partial charge in [-0.15, -0.1) is 11.6 Å². The van der Waals surface area contributed by atoms with Crippen molar-refractivity contribution in [2.75, 3.05) is 7.11 Å². The molecule has 5 heteroatoms. The average Bonchev–Trinajstić information content (AvgIpc) is 3.03. The molecule has 0 saturated heterocycles. The number of methoxy groups -OCH3 is 1. The van der Waals surface area contributed by atoms with E-state index in [-0.39, 0.29) is 5.38 Å². The smallest absolute Gasteiger partial charge is 0.146 e. The van der Waals surface area contributed by atoms with Gasteiger partial charge in [0.1, 0.15) is 28.6 Å². The number of aryl methyl sites for hydroxylation is 1. The molecule has 0 radical (unpaired) electrons. The summed E-state index contributed by atoms with van der Waals surface area (Å²) in [5.74, 6) is 3.34. The second-order valence-corrected chi connectivity index (χ2v) is 5.67. The highest BCUT2D eigenvalue weighted by atomic mass is 35.5. The van der Waals surface area contributed by atoms with Gasteiger partial charge < -0.3 is 13.7 Å². The second-order valence-electron chi connectivity index (χ2n) is 5.01. The predicted octanol–water partition coefficient (Wildman–Crippen LogP) is 4.29. The summed E-state index contributed by atoms with van der Waals surface area (Å²) in [6, 6.07) is 9.81. The van der Waals surface area contributed by atoms with Crippen LogP contribution in [-0.4, -0.2) is 16.7 Å². The van der Waals surface area contributed by atoms with Gasteiger partial charge in [0, 0.05) is 0 Å². The van der Waals surface area contributed by atoms with Crippen molar-refractivity contribution in [3.63, 3.8) is 0 Å². The fraction of sp³-hybridized carbons (Fsp3) is 0.312. The number of furan rings is 1. The number of hydrogen-bond acceptors (Lipinski definition) is 3. The first kappa shape index (κ1) is 14.0. The molecule has 1 unspecified atom stereocenters. The Morgan fingerprint density at radius 1 is 1.33 bits per heavy atom. The van der Waals surface area contributed by atoms with Gasteiger partial charge in [0.25, 0.3) is 0 Å². The number of halogens is 1. The number of fused-ring (bicyclic) bond motifs is 1. The number of benzene rings is 1. The van der Waals surface area contributed by atoms with E-state index in [9.17, 15) is 0 Å². The van der Waals surface area contributed by atoms with E-state index in [4.69, 9.17) is 20.8 Å². The van der Waals surface area contributed by atoms with Crippen LogP contribution < -0.4 is 4.74 Å². The molecule has 1 aromatic carbocycles. The van der Waals surface area contributed by atoms with E-state index in [0.29, 0.717) is 6.54 Å². The van der Waals surface area contributed by atoms with Crippen molar-refractivity contribution in [1.29, 1.82) is 0 Å². The van der Waals surface area contributed by atoms with Crippen LogP contribution in [0.1, 0.15) is 29.6 Å². The third-order valence-corrected chi connectivity index (χ3v) is 3.65. The zero-order chi connectivity index (χ0) is 15.0. The minimum Gasteiger partial charge on any atom is -0.494 e. The van der Waals surface area contributed by atoms with Gasteiger partial charge in [-0.3, -0.25) is 0 Å². The number of nitrogens with zero attached hydrogens (tertiary/aromatic N) is 2. The summed E-state index contributed by atoms with van der Waals surface area (Å²) in [5, 5.41) is -0.196. The Balaban J connectivity index is 2.16. The van der Waals surface area contributed by atoms with E-state index in [1.54, 1.807) is 7.11 Å². The minimum atomic E-state index is -0.196. The van der Waals surface area contributed by atoms with Crippen molar-refractivity contribution in [3.05, 3.63) is 47.7 Å². The molecule has 2 aromatic heterocycles. The Morgan fingerprint density at radius 3 is 2.76 bits per heavy atom. The fourth-order valence-corrected chi connectivity index (χ4v) is 2.67. The van der Waals surface area contributed by atoms with Gasteiger partial charge in [-0.2, -0.15) is 0 Å². The standard InChI is InChI=1S/C16H17ClN2O2/c1-10-7-8-12(21-10)9-19-13-5-4-6-14(20-3)15(13)18-16(19)11(2)17/h4-8,11H,9H2,1-3H3. The molecule has 0 N–H and O–H groups in total. The molecule has 3 aromatic rings. The van der Waals surface area contributed by atoms with Gasteiger partial charge >= 0.3 is 0 Å². The van der Waals surface area contributed by atoms with Crippen LogP contribution in [-0.2, 0) is 6.54 Å². The van der Waals surface area contributed by atoms with Crippen molar-refractivity contribution < 1.29 is 9.15 Å². The molecule has 0 saturated carbocycles. The Morgan fingerprint density at radius 2 is 2.14 bits per heavy atom. The normalized spacial score (nSPS) is 12.8. The van der Waals surface area contributed by atoms with E-state index in [0.717, 1.165) is 34.1 Å². The van der Waals surface area contributed by atoms with Crippen molar-refractivity contribution in [3.8, 4) is 5.75 Å². The SMILES string of the molecule is COc1cccc2c1nc(C(C)Cl)n2Cc1ccc(C)o1. The highest BCUT2D eigenvalue weighted by molar-refractivity contribution is 6.20. The van der Waals surface area contributed by atoms with Crippen LogP contribution in [0.2, 0.25) is 0 Å². The van der Waals surface area contributed by atoms with E-state index in [1.165, 1.54) is 0 Å². The lowest BCUT2D eigenvalue weighted by molar-refractivity contribution is 0.419. The Kier molecular flexibility index (Phi) is 3.64. The van der Waals surface area contributed by atoms with E-state index < -0.39 is 0 Å². The van der Waals surface area contributed by atoms with Gasteiger partial charge in [0.15, 0.2) is 0 Å². The monoisotopic (exact) mass is 304 g/mol. The lowest BCUT2D eigenvalue weighted by atomic mass is 10.3. The summed E-state index contributed by atoms with van der Waals surface area (Å²) in [4.78, 5) is 4.65. The Bertz CT molecular complexity index is 774. The van der Waals surface area contributed by atoms with Crippen LogP contribution in [0.25, 0.3) is 11.0 Å². The number of hydrogen-bond donors (Lipinski definition) is 0. The minimum absolute atomic E-state index is 0.196. The van der Waals surface area contributed by atoms with Gasteiger partial charge in [-0.05, 0) is 38.1 Å². The number of alkyl halides is 1. The third kappa shape index (κ3) is 2.51. The largest absolute Gasteiger partial charge is 0.494 e. The molecule has 0 bridgehead atoms. The average molecular weight is 305 g/mol. The summed E-state index contributed by atoms with van der Waals surface area (Å²) in [6.07, 6.45) is 0. The molecule has 0 aliphatic heterocycles. The molecule has 1 atom stereocenters. The highest BCUT2D eigenvalue weighted by Gasteiger charge is 2.18. The number of para-hydroxylation sites is 1. The summed E-state index contributed by atoms with van der Waals surface area (Å²) in [5.41, 5.74) is 1.82. The van der Waals surface area contributed by atoms with Crippen molar-refractivity contribution >= 4 is 22.6 Å². The van der Waals surface area contributed by atoms with Crippen LogP contribution in [0.3, 0.4) is 0 Å². The molecule has 2 heterocycles. The summed E-state index contributed by atoms with van der Waals surface area (Å²) < 4.78 is 13.1. The van der Waals surface area contributed by atoms with E-state index >= 15 is 0 Å². The molecule has 3 rings (SSSR count). The third-order valence-electron chi connectivity index (χ3n) is 3.46.